The maximum absolute atomic E-state index is 12.0. The molecule has 0 aliphatic carbocycles. The molecular weight excluding hydrogens is 249 g/mol. The van der Waals surface area contributed by atoms with Gasteiger partial charge < -0.3 is 10.6 Å². The molecule has 17 heavy (non-hydrogen) atoms. The Kier molecular flexibility index (Phi) is 4.99. The van der Waals surface area contributed by atoms with Gasteiger partial charge in [-0.15, -0.1) is 0 Å². The van der Waals surface area contributed by atoms with Crippen molar-refractivity contribution in [3.63, 3.8) is 0 Å². The van der Waals surface area contributed by atoms with E-state index in [1.165, 1.54) is 0 Å². The molecule has 96 valence electrons. The fourth-order valence-corrected chi connectivity index (χ4v) is 2.04. The van der Waals surface area contributed by atoms with Gasteiger partial charge in [0, 0.05) is 18.8 Å². The Morgan fingerprint density at radius 3 is 2.47 bits per heavy atom. The summed E-state index contributed by atoms with van der Waals surface area (Å²) in [5, 5.41) is 0. The molecule has 0 aromatic heterocycles. The lowest BCUT2D eigenvalue weighted by Gasteiger charge is -2.24. The summed E-state index contributed by atoms with van der Waals surface area (Å²) in [6.45, 7) is 2.85. The number of benzene rings is 1. The van der Waals surface area contributed by atoms with Gasteiger partial charge in [-0.3, -0.25) is 0 Å². The Bertz CT molecular complexity index is 355. The van der Waals surface area contributed by atoms with Crippen LogP contribution in [0.15, 0.2) is 24.3 Å². The number of hydrogen-bond donors (Lipinski definition) is 1. The normalized spacial score (nSPS) is 11.5. The van der Waals surface area contributed by atoms with Gasteiger partial charge in [-0.1, -0.05) is 12.1 Å². The summed E-state index contributed by atoms with van der Waals surface area (Å²) >= 11 is -0.00469. The standard InChI is InChI=1S/C11H15F3N2S/c1-2-16(7-8-17-11(12,13)14)10-6-4-3-5-9(10)15/h3-6H,2,7-8,15H2,1H3. The van der Waals surface area contributed by atoms with Gasteiger partial charge in [-0.25, -0.2) is 0 Å². The Balaban J connectivity index is 2.58. The summed E-state index contributed by atoms with van der Waals surface area (Å²) < 4.78 is 36.0. The van der Waals surface area contributed by atoms with Crippen molar-refractivity contribution >= 4 is 23.1 Å². The average Bonchev–Trinajstić information content (AvgIpc) is 2.24. The van der Waals surface area contributed by atoms with Crippen molar-refractivity contribution in [2.24, 2.45) is 0 Å². The van der Waals surface area contributed by atoms with E-state index in [1.54, 1.807) is 12.1 Å². The number of nitrogen functional groups attached to an aromatic ring is 1. The molecule has 1 rings (SSSR count). The van der Waals surface area contributed by atoms with E-state index < -0.39 is 5.51 Å². The van der Waals surface area contributed by atoms with Gasteiger partial charge in [0.25, 0.3) is 0 Å². The third kappa shape index (κ3) is 4.77. The van der Waals surface area contributed by atoms with Gasteiger partial charge in [-0.2, -0.15) is 13.2 Å². The lowest BCUT2D eigenvalue weighted by Crippen LogP contribution is -2.27. The predicted octanol–water partition coefficient (Wildman–Crippen LogP) is 3.35. The molecule has 0 amide bonds. The highest BCUT2D eigenvalue weighted by atomic mass is 32.2. The van der Waals surface area contributed by atoms with Crippen LogP contribution in [-0.4, -0.2) is 24.4 Å². The molecule has 0 fully saturated rings. The molecule has 0 spiro atoms. The van der Waals surface area contributed by atoms with Crippen LogP contribution < -0.4 is 10.6 Å². The monoisotopic (exact) mass is 264 g/mol. The zero-order chi connectivity index (χ0) is 12.9. The predicted molar refractivity (Wildman–Crippen MR) is 67.3 cm³/mol. The van der Waals surface area contributed by atoms with Crippen molar-refractivity contribution in [3.05, 3.63) is 24.3 Å². The highest BCUT2D eigenvalue weighted by Crippen LogP contribution is 2.30. The molecule has 0 unspecified atom stereocenters. The Hall–Kier alpha value is -1.04. The summed E-state index contributed by atoms with van der Waals surface area (Å²) in [7, 11) is 0. The first kappa shape index (κ1) is 14.0. The van der Waals surface area contributed by atoms with E-state index in [2.05, 4.69) is 0 Å². The van der Waals surface area contributed by atoms with Crippen molar-refractivity contribution in [1.82, 2.24) is 0 Å². The minimum absolute atomic E-state index is 0.00469. The fourth-order valence-electron chi connectivity index (χ4n) is 1.50. The van der Waals surface area contributed by atoms with E-state index in [4.69, 9.17) is 5.73 Å². The first-order chi connectivity index (χ1) is 7.94. The van der Waals surface area contributed by atoms with Gasteiger partial charge in [0.05, 0.1) is 11.4 Å². The molecule has 1 aromatic rings. The summed E-state index contributed by atoms with van der Waals surface area (Å²) in [4.78, 5) is 1.84. The van der Waals surface area contributed by atoms with Crippen molar-refractivity contribution < 1.29 is 13.2 Å². The second-order valence-corrected chi connectivity index (χ2v) is 4.59. The van der Waals surface area contributed by atoms with Crippen molar-refractivity contribution in [2.45, 2.75) is 12.4 Å². The van der Waals surface area contributed by atoms with Crippen LogP contribution in [0, 0.1) is 0 Å². The van der Waals surface area contributed by atoms with E-state index in [0.29, 0.717) is 18.8 Å². The molecule has 0 saturated heterocycles. The third-order valence-electron chi connectivity index (χ3n) is 2.29. The summed E-state index contributed by atoms with van der Waals surface area (Å²) in [6.07, 6.45) is 0. The number of nitrogens with two attached hydrogens (primary N) is 1. The Morgan fingerprint density at radius 2 is 1.94 bits per heavy atom. The molecule has 0 bridgehead atoms. The first-order valence-corrected chi connectivity index (χ1v) is 6.22. The number of thioether (sulfide) groups is 1. The fraction of sp³-hybridized carbons (Fsp3) is 0.455. The van der Waals surface area contributed by atoms with Gasteiger partial charge in [-0.05, 0) is 30.8 Å². The molecule has 2 nitrogen and oxygen atoms in total. The summed E-state index contributed by atoms with van der Waals surface area (Å²) in [6, 6.07) is 7.19. The number of rotatable bonds is 5. The van der Waals surface area contributed by atoms with Gasteiger partial charge in [0.1, 0.15) is 0 Å². The van der Waals surface area contributed by atoms with Crippen LogP contribution >= 0.6 is 11.8 Å². The second-order valence-electron chi connectivity index (χ2n) is 3.43. The van der Waals surface area contributed by atoms with Gasteiger partial charge in [0.15, 0.2) is 0 Å². The lowest BCUT2D eigenvalue weighted by atomic mass is 10.2. The zero-order valence-electron chi connectivity index (χ0n) is 9.50. The average molecular weight is 264 g/mol. The van der Waals surface area contributed by atoms with E-state index in [9.17, 15) is 13.2 Å². The van der Waals surface area contributed by atoms with Crippen LogP contribution in [0.1, 0.15) is 6.92 Å². The smallest absolute Gasteiger partial charge is 0.397 e. The molecule has 2 N–H and O–H groups in total. The molecule has 0 heterocycles. The number of anilines is 2. The summed E-state index contributed by atoms with van der Waals surface area (Å²) in [5.74, 6) is 0.00563. The van der Waals surface area contributed by atoms with E-state index in [-0.39, 0.29) is 17.5 Å². The molecule has 1 aromatic carbocycles. The number of para-hydroxylation sites is 2. The van der Waals surface area contributed by atoms with Crippen LogP contribution in [0.4, 0.5) is 24.5 Å². The SMILES string of the molecule is CCN(CCSC(F)(F)F)c1ccccc1N. The molecular formula is C11H15F3N2S. The number of halogens is 3. The van der Waals surface area contributed by atoms with E-state index in [0.717, 1.165) is 5.69 Å². The van der Waals surface area contributed by atoms with Gasteiger partial charge in [0.2, 0.25) is 0 Å². The molecule has 0 aliphatic heterocycles. The zero-order valence-corrected chi connectivity index (χ0v) is 10.3. The van der Waals surface area contributed by atoms with Crippen molar-refractivity contribution in [1.29, 1.82) is 0 Å². The molecule has 0 saturated carbocycles. The van der Waals surface area contributed by atoms with E-state index in [1.807, 2.05) is 24.0 Å². The number of nitrogens with zero attached hydrogens (tertiary/aromatic N) is 1. The number of alkyl halides is 3. The van der Waals surface area contributed by atoms with E-state index >= 15 is 0 Å². The lowest BCUT2D eigenvalue weighted by molar-refractivity contribution is -0.0327. The molecule has 0 radical (unpaired) electrons. The van der Waals surface area contributed by atoms with Crippen LogP contribution in [0.5, 0.6) is 0 Å². The maximum atomic E-state index is 12.0. The van der Waals surface area contributed by atoms with Gasteiger partial charge >= 0.3 is 5.51 Å². The van der Waals surface area contributed by atoms with Crippen molar-refractivity contribution in [3.8, 4) is 0 Å². The van der Waals surface area contributed by atoms with Crippen LogP contribution in [0.25, 0.3) is 0 Å². The molecule has 0 aliphatic rings. The minimum Gasteiger partial charge on any atom is -0.397 e. The highest BCUT2D eigenvalue weighted by Gasteiger charge is 2.27. The highest BCUT2D eigenvalue weighted by molar-refractivity contribution is 8.00. The topological polar surface area (TPSA) is 29.3 Å². The number of hydrogen-bond acceptors (Lipinski definition) is 3. The second kappa shape index (κ2) is 6.05. The summed E-state index contributed by atoms with van der Waals surface area (Å²) in [5.41, 5.74) is 3.00. The van der Waals surface area contributed by atoms with Crippen LogP contribution in [-0.2, 0) is 0 Å². The first-order valence-electron chi connectivity index (χ1n) is 5.24. The Morgan fingerprint density at radius 1 is 1.29 bits per heavy atom. The maximum Gasteiger partial charge on any atom is 0.441 e. The minimum atomic E-state index is -4.17. The van der Waals surface area contributed by atoms with Crippen LogP contribution in [0.3, 0.4) is 0 Å². The molecule has 6 heteroatoms. The van der Waals surface area contributed by atoms with Crippen LogP contribution in [0.2, 0.25) is 0 Å². The molecule has 0 atom stereocenters. The third-order valence-corrected chi connectivity index (χ3v) is 3.00. The Labute approximate surface area is 103 Å². The quantitative estimate of drug-likeness (QED) is 0.827. The van der Waals surface area contributed by atoms with Crippen molar-refractivity contribution in [2.75, 3.05) is 29.5 Å². The largest absolute Gasteiger partial charge is 0.441 e.